The molecule has 1 aliphatic rings. The number of rotatable bonds is 6. The van der Waals surface area contributed by atoms with Crippen LogP contribution in [-0.4, -0.2) is 25.6 Å². The van der Waals surface area contributed by atoms with Gasteiger partial charge in [-0.25, -0.2) is 0 Å². The lowest BCUT2D eigenvalue weighted by atomic mass is 10.00. The van der Waals surface area contributed by atoms with Crippen molar-refractivity contribution in [2.45, 2.75) is 51.1 Å². The monoisotopic (exact) mass is 290 g/mol. The second-order valence-corrected chi connectivity index (χ2v) is 5.72. The van der Waals surface area contributed by atoms with E-state index in [0.29, 0.717) is 12.5 Å². The van der Waals surface area contributed by atoms with Crippen molar-refractivity contribution in [1.29, 1.82) is 0 Å². The molecular weight excluding hydrogens is 264 g/mol. The summed E-state index contributed by atoms with van der Waals surface area (Å²) in [6, 6.07) is 8.29. The van der Waals surface area contributed by atoms with Gasteiger partial charge >= 0.3 is 0 Å². The van der Waals surface area contributed by atoms with Crippen LogP contribution in [0.25, 0.3) is 0 Å². The van der Waals surface area contributed by atoms with E-state index in [-0.39, 0.29) is 11.9 Å². The number of carbonyl (C=O) groups is 1. The zero-order valence-electron chi connectivity index (χ0n) is 13.0. The van der Waals surface area contributed by atoms with Crippen LogP contribution in [0.3, 0.4) is 0 Å². The molecule has 1 aromatic rings. The van der Waals surface area contributed by atoms with Crippen molar-refractivity contribution in [3.05, 3.63) is 29.8 Å². The minimum absolute atomic E-state index is 0.0343. The lowest BCUT2D eigenvalue weighted by Crippen LogP contribution is -2.35. The van der Waals surface area contributed by atoms with Gasteiger partial charge < -0.3 is 15.4 Å². The molecule has 0 aliphatic carbocycles. The fourth-order valence-corrected chi connectivity index (χ4v) is 2.89. The standard InChI is InChI=1S/C17H26N2O2/c1-13(15-8-3-4-9-16(15)21-2)19-17(20)11-10-14-7-5-6-12-18-14/h3-4,8-9,13-14,18H,5-7,10-12H2,1-2H3,(H,19,20). The average molecular weight is 290 g/mol. The molecule has 2 unspecified atom stereocenters. The first kappa shape index (κ1) is 15.8. The quantitative estimate of drug-likeness (QED) is 0.847. The first-order chi connectivity index (χ1) is 10.2. The summed E-state index contributed by atoms with van der Waals surface area (Å²) in [5.41, 5.74) is 1.02. The number of piperidine rings is 1. The predicted molar refractivity (Wildman–Crippen MR) is 84.4 cm³/mol. The van der Waals surface area contributed by atoms with Crippen LogP contribution in [0.2, 0.25) is 0 Å². The summed E-state index contributed by atoms with van der Waals surface area (Å²) in [5, 5.41) is 6.54. The lowest BCUT2D eigenvalue weighted by molar-refractivity contribution is -0.122. The SMILES string of the molecule is COc1ccccc1C(C)NC(=O)CCC1CCCCN1. The molecular formula is C17H26N2O2. The number of ether oxygens (including phenoxy) is 1. The van der Waals surface area contributed by atoms with Gasteiger partial charge in [0.15, 0.2) is 0 Å². The van der Waals surface area contributed by atoms with Crippen LogP contribution in [0.1, 0.15) is 50.6 Å². The summed E-state index contributed by atoms with van der Waals surface area (Å²) in [4.78, 5) is 12.1. The first-order valence-corrected chi connectivity index (χ1v) is 7.86. The van der Waals surface area contributed by atoms with Crippen molar-refractivity contribution in [2.75, 3.05) is 13.7 Å². The number of benzene rings is 1. The third-order valence-electron chi connectivity index (χ3n) is 4.12. The van der Waals surface area contributed by atoms with Gasteiger partial charge in [-0.3, -0.25) is 4.79 Å². The second-order valence-electron chi connectivity index (χ2n) is 5.72. The lowest BCUT2D eigenvalue weighted by Gasteiger charge is -2.23. The zero-order valence-corrected chi connectivity index (χ0v) is 13.0. The fourth-order valence-electron chi connectivity index (χ4n) is 2.89. The first-order valence-electron chi connectivity index (χ1n) is 7.86. The number of para-hydroxylation sites is 1. The van der Waals surface area contributed by atoms with E-state index in [1.165, 1.54) is 19.3 Å². The molecule has 1 heterocycles. The maximum Gasteiger partial charge on any atom is 0.220 e. The highest BCUT2D eigenvalue weighted by molar-refractivity contribution is 5.76. The Morgan fingerprint density at radius 2 is 2.24 bits per heavy atom. The highest BCUT2D eigenvalue weighted by Gasteiger charge is 2.16. The van der Waals surface area contributed by atoms with E-state index in [2.05, 4.69) is 10.6 Å². The Balaban J connectivity index is 1.81. The molecule has 1 aromatic carbocycles. The van der Waals surface area contributed by atoms with Crippen molar-refractivity contribution in [2.24, 2.45) is 0 Å². The van der Waals surface area contributed by atoms with Gasteiger partial charge in [0.2, 0.25) is 5.91 Å². The summed E-state index contributed by atoms with van der Waals surface area (Å²) in [7, 11) is 1.65. The van der Waals surface area contributed by atoms with Gasteiger partial charge in [-0.2, -0.15) is 0 Å². The van der Waals surface area contributed by atoms with Crippen LogP contribution >= 0.6 is 0 Å². The van der Waals surface area contributed by atoms with Gasteiger partial charge in [-0.1, -0.05) is 24.6 Å². The Morgan fingerprint density at radius 3 is 2.95 bits per heavy atom. The number of nitrogens with one attached hydrogen (secondary N) is 2. The summed E-state index contributed by atoms with van der Waals surface area (Å²) in [6.07, 6.45) is 5.22. The van der Waals surface area contributed by atoms with Crippen molar-refractivity contribution in [3.8, 4) is 5.75 Å². The summed E-state index contributed by atoms with van der Waals surface area (Å²) in [5.74, 6) is 0.931. The van der Waals surface area contributed by atoms with Crippen LogP contribution < -0.4 is 15.4 Å². The van der Waals surface area contributed by atoms with E-state index >= 15 is 0 Å². The van der Waals surface area contributed by atoms with E-state index in [4.69, 9.17) is 4.74 Å². The predicted octanol–water partition coefficient (Wildman–Crippen LogP) is 2.79. The smallest absolute Gasteiger partial charge is 0.220 e. The van der Waals surface area contributed by atoms with Gasteiger partial charge in [-0.15, -0.1) is 0 Å². The highest BCUT2D eigenvalue weighted by Crippen LogP contribution is 2.24. The van der Waals surface area contributed by atoms with Crippen LogP contribution in [0.5, 0.6) is 5.75 Å². The van der Waals surface area contributed by atoms with E-state index in [9.17, 15) is 4.79 Å². The fraction of sp³-hybridized carbons (Fsp3) is 0.588. The number of hydrogen-bond donors (Lipinski definition) is 2. The van der Waals surface area contributed by atoms with Crippen molar-refractivity contribution in [3.63, 3.8) is 0 Å². The topological polar surface area (TPSA) is 50.4 Å². The minimum Gasteiger partial charge on any atom is -0.496 e. The molecule has 116 valence electrons. The van der Waals surface area contributed by atoms with E-state index < -0.39 is 0 Å². The summed E-state index contributed by atoms with van der Waals surface area (Å²) >= 11 is 0. The van der Waals surface area contributed by atoms with Crippen molar-refractivity contribution < 1.29 is 9.53 Å². The Hall–Kier alpha value is -1.55. The second kappa shape index (κ2) is 8.03. The summed E-state index contributed by atoms with van der Waals surface area (Å²) < 4.78 is 5.34. The van der Waals surface area contributed by atoms with Crippen LogP contribution in [-0.2, 0) is 4.79 Å². The number of methoxy groups -OCH3 is 1. The maximum absolute atomic E-state index is 12.1. The molecule has 1 amide bonds. The van der Waals surface area contributed by atoms with Gasteiger partial charge in [-0.05, 0) is 38.8 Å². The summed E-state index contributed by atoms with van der Waals surface area (Å²) in [6.45, 7) is 3.08. The van der Waals surface area contributed by atoms with Crippen LogP contribution in [0.15, 0.2) is 24.3 Å². The number of carbonyl (C=O) groups excluding carboxylic acids is 1. The molecule has 0 aromatic heterocycles. The van der Waals surface area contributed by atoms with E-state index in [0.717, 1.165) is 24.3 Å². The third-order valence-corrected chi connectivity index (χ3v) is 4.12. The van der Waals surface area contributed by atoms with Crippen molar-refractivity contribution in [1.82, 2.24) is 10.6 Å². The Bertz CT molecular complexity index is 456. The molecule has 0 radical (unpaired) electrons. The molecule has 1 saturated heterocycles. The Labute approximate surface area is 127 Å². The molecule has 1 fully saturated rings. The number of amides is 1. The van der Waals surface area contributed by atoms with Crippen molar-refractivity contribution >= 4 is 5.91 Å². The molecule has 0 bridgehead atoms. The van der Waals surface area contributed by atoms with E-state index in [1.807, 2.05) is 31.2 Å². The molecule has 2 atom stereocenters. The van der Waals surface area contributed by atoms with Gasteiger partial charge in [0, 0.05) is 18.0 Å². The zero-order chi connectivity index (χ0) is 15.1. The van der Waals surface area contributed by atoms with E-state index in [1.54, 1.807) is 7.11 Å². The normalized spacial score (nSPS) is 19.8. The Morgan fingerprint density at radius 1 is 1.43 bits per heavy atom. The average Bonchev–Trinajstić information content (AvgIpc) is 2.53. The third kappa shape index (κ3) is 4.74. The molecule has 0 spiro atoms. The largest absolute Gasteiger partial charge is 0.496 e. The molecule has 21 heavy (non-hydrogen) atoms. The maximum atomic E-state index is 12.1. The number of hydrogen-bond acceptors (Lipinski definition) is 3. The molecule has 1 aliphatic heterocycles. The molecule has 4 nitrogen and oxygen atoms in total. The molecule has 2 rings (SSSR count). The molecule has 4 heteroatoms. The van der Waals surface area contributed by atoms with Gasteiger partial charge in [0.05, 0.1) is 13.2 Å². The van der Waals surface area contributed by atoms with Gasteiger partial charge in [0.1, 0.15) is 5.75 Å². The Kier molecular flexibility index (Phi) is 6.05. The van der Waals surface area contributed by atoms with Crippen LogP contribution in [0, 0.1) is 0 Å². The highest BCUT2D eigenvalue weighted by atomic mass is 16.5. The molecule has 0 saturated carbocycles. The molecule has 2 N–H and O–H groups in total. The van der Waals surface area contributed by atoms with Crippen LogP contribution in [0.4, 0.5) is 0 Å². The minimum atomic E-state index is -0.0343. The van der Waals surface area contributed by atoms with Gasteiger partial charge in [0.25, 0.3) is 0 Å².